The Labute approximate surface area is 171 Å². The molecular formula is C20H25ClN2O4S. The van der Waals surface area contributed by atoms with Crippen molar-refractivity contribution in [3.05, 3.63) is 59.1 Å². The number of hydrogen-bond acceptors (Lipinski definition) is 4. The number of rotatable bonds is 10. The SMILES string of the molecule is CCCCNC(=O)C(Cc1ccccc1)NS(=O)(=O)c1cc(Cl)ccc1OC. The molecule has 0 spiro atoms. The molecule has 0 saturated heterocycles. The first-order chi connectivity index (χ1) is 13.4. The van der Waals surface area contributed by atoms with Gasteiger partial charge in [0.15, 0.2) is 0 Å². The molecule has 1 atom stereocenters. The van der Waals surface area contributed by atoms with Gasteiger partial charge in [0.05, 0.1) is 7.11 Å². The molecule has 1 unspecified atom stereocenters. The van der Waals surface area contributed by atoms with Crippen molar-refractivity contribution >= 4 is 27.5 Å². The summed E-state index contributed by atoms with van der Waals surface area (Å²) in [6.07, 6.45) is 1.97. The number of amides is 1. The van der Waals surface area contributed by atoms with Crippen molar-refractivity contribution in [3.63, 3.8) is 0 Å². The van der Waals surface area contributed by atoms with Gasteiger partial charge in [0.1, 0.15) is 16.7 Å². The number of unbranched alkanes of at least 4 members (excludes halogenated alkanes) is 1. The Morgan fingerprint density at radius 1 is 1.18 bits per heavy atom. The summed E-state index contributed by atoms with van der Waals surface area (Å²) in [5, 5.41) is 3.05. The van der Waals surface area contributed by atoms with Gasteiger partial charge in [-0.15, -0.1) is 0 Å². The van der Waals surface area contributed by atoms with E-state index in [0.29, 0.717) is 6.54 Å². The highest BCUT2D eigenvalue weighted by Gasteiger charge is 2.28. The quantitative estimate of drug-likeness (QED) is 0.574. The molecule has 2 aromatic rings. The Kier molecular flexibility index (Phi) is 8.29. The molecule has 0 aliphatic carbocycles. The van der Waals surface area contributed by atoms with Crippen LogP contribution < -0.4 is 14.8 Å². The molecule has 1 amide bonds. The number of carbonyl (C=O) groups excluding carboxylic acids is 1. The summed E-state index contributed by atoms with van der Waals surface area (Å²) in [6, 6.07) is 12.6. The standard InChI is InChI=1S/C20H25ClN2O4S/c1-3-4-12-22-20(24)17(13-15-8-6-5-7-9-15)23-28(25,26)19-14-16(21)10-11-18(19)27-2/h5-11,14,17,23H,3-4,12-13H2,1-2H3,(H,22,24). The van der Waals surface area contributed by atoms with Crippen molar-refractivity contribution in [3.8, 4) is 5.75 Å². The Bertz CT molecular complexity index is 888. The van der Waals surface area contributed by atoms with Crippen LogP contribution in [0.5, 0.6) is 5.75 Å². The molecule has 6 nitrogen and oxygen atoms in total. The van der Waals surface area contributed by atoms with Crippen LogP contribution in [0.1, 0.15) is 25.3 Å². The molecule has 28 heavy (non-hydrogen) atoms. The van der Waals surface area contributed by atoms with Crippen molar-refractivity contribution in [2.45, 2.75) is 37.1 Å². The van der Waals surface area contributed by atoms with Gasteiger partial charge in [0, 0.05) is 11.6 Å². The van der Waals surface area contributed by atoms with Gasteiger partial charge in [-0.25, -0.2) is 8.42 Å². The van der Waals surface area contributed by atoms with E-state index in [2.05, 4.69) is 10.0 Å². The Balaban J connectivity index is 2.29. The zero-order chi connectivity index (χ0) is 20.6. The average Bonchev–Trinajstić information content (AvgIpc) is 2.68. The summed E-state index contributed by atoms with van der Waals surface area (Å²) in [5.41, 5.74) is 0.846. The van der Waals surface area contributed by atoms with E-state index in [1.165, 1.54) is 25.3 Å². The minimum Gasteiger partial charge on any atom is -0.495 e. The van der Waals surface area contributed by atoms with Crippen LogP contribution in [-0.2, 0) is 21.2 Å². The maximum atomic E-state index is 13.0. The maximum Gasteiger partial charge on any atom is 0.245 e. The molecule has 2 rings (SSSR count). The first kappa shape index (κ1) is 22.2. The van der Waals surface area contributed by atoms with Gasteiger partial charge >= 0.3 is 0 Å². The summed E-state index contributed by atoms with van der Waals surface area (Å²) in [5.74, 6) is -0.219. The molecule has 2 N–H and O–H groups in total. The monoisotopic (exact) mass is 424 g/mol. The van der Waals surface area contributed by atoms with Crippen molar-refractivity contribution in [2.24, 2.45) is 0 Å². The van der Waals surface area contributed by atoms with Crippen LogP contribution in [0, 0.1) is 0 Å². The molecule has 0 aromatic heterocycles. The fraction of sp³-hybridized carbons (Fsp3) is 0.350. The second-order valence-electron chi connectivity index (χ2n) is 6.30. The number of nitrogens with one attached hydrogen (secondary N) is 2. The largest absolute Gasteiger partial charge is 0.495 e. The average molecular weight is 425 g/mol. The van der Waals surface area contributed by atoms with Gasteiger partial charge in [0.25, 0.3) is 0 Å². The molecule has 0 fully saturated rings. The van der Waals surface area contributed by atoms with E-state index >= 15 is 0 Å². The smallest absolute Gasteiger partial charge is 0.245 e. The van der Waals surface area contributed by atoms with Gasteiger partial charge in [-0.1, -0.05) is 55.3 Å². The van der Waals surface area contributed by atoms with E-state index in [1.807, 2.05) is 37.3 Å². The number of ether oxygens (including phenoxy) is 1. The second kappa shape index (κ2) is 10.5. The van der Waals surface area contributed by atoms with E-state index in [1.54, 1.807) is 0 Å². The van der Waals surface area contributed by atoms with E-state index in [-0.39, 0.29) is 28.0 Å². The molecule has 0 heterocycles. The highest BCUT2D eigenvalue weighted by molar-refractivity contribution is 7.89. The van der Waals surface area contributed by atoms with Crippen LogP contribution in [-0.4, -0.2) is 34.0 Å². The summed E-state index contributed by atoms with van der Waals surface area (Å²) in [7, 11) is -2.66. The number of methoxy groups -OCH3 is 1. The first-order valence-electron chi connectivity index (χ1n) is 9.05. The van der Waals surface area contributed by atoms with Crippen LogP contribution in [0.25, 0.3) is 0 Å². The Hall–Kier alpha value is -2.09. The lowest BCUT2D eigenvalue weighted by Crippen LogP contribution is -2.48. The van der Waals surface area contributed by atoms with Crippen molar-refractivity contribution < 1.29 is 17.9 Å². The highest BCUT2D eigenvalue weighted by atomic mass is 35.5. The zero-order valence-electron chi connectivity index (χ0n) is 15.9. The fourth-order valence-electron chi connectivity index (χ4n) is 2.66. The van der Waals surface area contributed by atoms with E-state index in [9.17, 15) is 13.2 Å². The normalized spacial score (nSPS) is 12.4. The number of sulfonamides is 1. The van der Waals surface area contributed by atoms with E-state index < -0.39 is 16.1 Å². The molecule has 0 saturated carbocycles. The molecule has 152 valence electrons. The van der Waals surface area contributed by atoms with Gasteiger partial charge in [0.2, 0.25) is 15.9 Å². The van der Waals surface area contributed by atoms with Crippen molar-refractivity contribution in [1.82, 2.24) is 10.0 Å². The highest BCUT2D eigenvalue weighted by Crippen LogP contribution is 2.27. The maximum absolute atomic E-state index is 13.0. The molecular weight excluding hydrogens is 400 g/mol. The topological polar surface area (TPSA) is 84.5 Å². The Morgan fingerprint density at radius 3 is 2.54 bits per heavy atom. The first-order valence-corrected chi connectivity index (χ1v) is 10.9. The van der Waals surface area contributed by atoms with Gasteiger partial charge in [-0.05, 0) is 36.6 Å². The number of benzene rings is 2. The Morgan fingerprint density at radius 2 is 1.89 bits per heavy atom. The van der Waals surface area contributed by atoms with Gasteiger partial charge < -0.3 is 10.1 Å². The third kappa shape index (κ3) is 6.22. The lowest BCUT2D eigenvalue weighted by Gasteiger charge is -2.19. The molecule has 8 heteroatoms. The molecule has 0 aliphatic rings. The molecule has 0 aliphatic heterocycles. The number of carbonyl (C=O) groups is 1. The summed E-state index contributed by atoms with van der Waals surface area (Å²) < 4.78 is 33.6. The van der Waals surface area contributed by atoms with Crippen molar-refractivity contribution in [2.75, 3.05) is 13.7 Å². The number of hydrogen-bond donors (Lipinski definition) is 2. The summed E-state index contributed by atoms with van der Waals surface area (Å²) in [4.78, 5) is 12.5. The van der Waals surface area contributed by atoms with Crippen LogP contribution >= 0.6 is 11.6 Å². The van der Waals surface area contributed by atoms with Crippen molar-refractivity contribution in [1.29, 1.82) is 0 Å². The predicted octanol–water partition coefficient (Wildman–Crippen LogP) is 3.15. The second-order valence-corrected chi connectivity index (χ2v) is 8.42. The minimum atomic E-state index is -4.04. The lowest BCUT2D eigenvalue weighted by molar-refractivity contribution is -0.122. The summed E-state index contributed by atoms with van der Waals surface area (Å²) >= 11 is 5.97. The fourth-order valence-corrected chi connectivity index (χ4v) is 4.29. The molecule has 0 radical (unpaired) electrons. The van der Waals surface area contributed by atoms with Crippen LogP contribution in [0.15, 0.2) is 53.4 Å². The molecule has 2 aromatic carbocycles. The lowest BCUT2D eigenvalue weighted by atomic mass is 10.1. The van der Waals surface area contributed by atoms with Gasteiger partial charge in [-0.3, -0.25) is 4.79 Å². The third-order valence-electron chi connectivity index (χ3n) is 4.14. The zero-order valence-corrected chi connectivity index (χ0v) is 17.5. The summed E-state index contributed by atoms with van der Waals surface area (Å²) in [6.45, 7) is 2.50. The van der Waals surface area contributed by atoms with Crippen LogP contribution in [0.2, 0.25) is 5.02 Å². The minimum absolute atomic E-state index is 0.109. The number of halogens is 1. The van der Waals surface area contributed by atoms with Crippen LogP contribution in [0.3, 0.4) is 0 Å². The third-order valence-corrected chi connectivity index (χ3v) is 5.87. The van der Waals surface area contributed by atoms with Gasteiger partial charge in [-0.2, -0.15) is 4.72 Å². The molecule has 0 bridgehead atoms. The van der Waals surface area contributed by atoms with Crippen LogP contribution in [0.4, 0.5) is 0 Å². The predicted molar refractivity (Wildman–Crippen MR) is 110 cm³/mol. The van der Waals surface area contributed by atoms with E-state index in [4.69, 9.17) is 16.3 Å². The van der Waals surface area contributed by atoms with E-state index in [0.717, 1.165) is 18.4 Å².